The highest BCUT2D eigenvalue weighted by Crippen LogP contribution is 2.33. The maximum atomic E-state index is 12.7. The summed E-state index contributed by atoms with van der Waals surface area (Å²) in [4.78, 5) is 18.2. The highest BCUT2D eigenvalue weighted by molar-refractivity contribution is 5.96. The molecule has 0 saturated carbocycles. The third kappa shape index (κ3) is 3.42. The lowest BCUT2D eigenvalue weighted by Gasteiger charge is -2.15. The number of aromatic nitrogens is 2. The molecule has 27 heavy (non-hydrogen) atoms. The molecule has 1 amide bonds. The van der Waals surface area contributed by atoms with Crippen molar-refractivity contribution in [3.63, 3.8) is 0 Å². The zero-order chi connectivity index (χ0) is 19.0. The molecule has 0 bridgehead atoms. The molecule has 1 aliphatic heterocycles. The normalized spacial score (nSPS) is 17.5. The van der Waals surface area contributed by atoms with Crippen molar-refractivity contribution in [1.82, 2.24) is 10.1 Å². The molecule has 5 nitrogen and oxygen atoms in total. The van der Waals surface area contributed by atoms with Crippen LogP contribution in [0.2, 0.25) is 0 Å². The number of carbonyl (C=O) groups is 1. The van der Waals surface area contributed by atoms with Crippen LogP contribution >= 0.6 is 0 Å². The zero-order valence-electron chi connectivity index (χ0n) is 14.0. The molecule has 1 fully saturated rings. The fraction of sp³-hybridized carbons (Fsp3) is 0.211. The lowest BCUT2D eigenvalue weighted by Crippen LogP contribution is -2.24. The van der Waals surface area contributed by atoms with Gasteiger partial charge in [-0.05, 0) is 24.3 Å². The van der Waals surface area contributed by atoms with Crippen LogP contribution < -0.4 is 4.90 Å². The average molecular weight is 373 g/mol. The van der Waals surface area contributed by atoms with E-state index in [9.17, 15) is 18.0 Å². The van der Waals surface area contributed by atoms with Crippen LogP contribution in [0.1, 0.15) is 23.8 Å². The summed E-state index contributed by atoms with van der Waals surface area (Å²) in [5.41, 5.74) is 0.476. The third-order valence-electron chi connectivity index (χ3n) is 4.45. The molecule has 1 aliphatic rings. The maximum Gasteiger partial charge on any atom is 0.416 e. The Morgan fingerprint density at radius 2 is 1.74 bits per heavy atom. The summed E-state index contributed by atoms with van der Waals surface area (Å²) in [5.74, 6) is 0.204. The third-order valence-corrected chi connectivity index (χ3v) is 4.45. The van der Waals surface area contributed by atoms with Gasteiger partial charge in [0.2, 0.25) is 17.6 Å². The molecule has 0 aliphatic carbocycles. The highest BCUT2D eigenvalue weighted by Gasteiger charge is 2.35. The minimum atomic E-state index is -4.40. The second kappa shape index (κ2) is 6.53. The molecular weight excluding hydrogens is 359 g/mol. The van der Waals surface area contributed by atoms with E-state index in [1.807, 2.05) is 30.3 Å². The van der Waals surface area contributed by atoms with Crippen LogP contribution in [0.3, 0.4) is 0 Å². The van der Waals surface area contributed by atoms with Crippen LogP contribution in [0.4, 0.5) is 18.9 Å². The molecule has 1 saturated heterocycles. The first-order valence-corrected chi connectivity index (χ1v) is 8.28. The van der Waals surface area contributed by atoms with Gasteiger partial charge in [-0.25, -0.2) is 0 Å². The second-order valence-electron chi connectivity index (χ2n) is 6.27. The minimum absolute atomic E-state index is 0.0412. The molecule has 0 N–H and O–H groups in total. The van der Waals surface area contributed by atoms with Gasteiger partial charge in [-0.3, -0.25) is 4.79 Å². The van der Waals surface area contributed by atoms with Crippen LogP contribution in [0.5, 0.6) is 0 Å². The number of halogens is 3. The van der Waals surface area contributed by atoms with E-state index >= 15 is 0 Å². The molecule has 1 unspecified atom stereocenters. The largest absolute Gasteiger partial charge is 0.416 e. The van der Waals surface area contributed by atoms with E-state index in [0.717, 1.165) is 17.8 Å². The predicted octanol–water partition coefficient (Wildman–Crippen LogP) is 4.28. The predicted molar refractivity (Wildman–Crippen MR) is 90.9 cm³/mol. The Morgan fingerprint density at radius 3 is 2.41 bits per heavy atom. The minimum Gasteiger partial charge on any atom is -0.339 e. The number of rotatable bonds is 3. The molecule has 8 heteroatoms. The number of hydrogen-bond donors (Lipinski definition) is 0. The van der Waals surface area contributed by atoms with Gasteiger partial charge in [0.25, 0.3) is 0 Å². The first kappa shape index (κ1) is 17.3. The topological polar surface area (TPSA) is 59.2 Å². The summed E-state index contributed by atoms with van der Waals surface area (Å²) in [6.07, 6.45) is -4.16. The highest BCUT2D eigenvalue weighted by atomic mass is 19.4. The van der Waals surface area contributed by atoms with Gasteiger partial charge in [-0.1, -0.05) is 35.5 Å². The van der Waals surface area contributed by atoms with Crippen LogP contribution in [0.25, 0.3) is 11.4 Å². The van der Waals surface area contributed by atoms with E-state index in [0.29, 0.717) is 18.0 Å². The summed E-state index contributed by atoms with van der Waals surface area (Å²) in [5, 5.41) is 3.85. The van der Waals surface area contributed by atoms with E-state index < -0.39 is 11.7 Å². The van der Waals surface area contributed by atoms with Crippen LogP contribution in [-0.2, 0) is 11.0 Å². The smallest absolute Gasteiger partial charge is 0.339 e. The summed E-state index contributed by atoms with van der Waals surface area (Å²) in [7, 11) is 0. The number of hydrogen-bond acceptors (Lipinski definition) is 4. The molecular formula is C19H14F3N3O2. The van der Waals surface area contributed by atoms with Crippen LogP contribution in [0.15, 0.2) is 59.1 Å². The van der Waals surface area contributed by atoms with Gasteiger partial charge in [0.1, 0.15) is 0 Å². The van der Waals surface area contributed by atoms with Crippen molar-refractivity contribution in [2.45, 2.75) is 18.5 Å². The molecule has 1 atom stereocenters. The molecule has 0 spiro atoms. The number of amides is 1. The Labute approximate surface area is 152 Å². The van der Waals surface area contributed by atoms with Crippen LogP contribution in [0, 0.1) is 0 Å². The van der Waals surface area contributed by atoms with Crippen molar-refractivity contribution in [2.24, 2.45) is 0 Å². The number of alkyl halides is 3. The van der Waals surface area contributed by atoms with Crippen molar-refractivity contribution in [2.75, 3.05) is 11.4 Å². The number of carbonyl (C=O) groups excluding carboxylic acids is 1. The molecule has 138 valence electrons. The quantitative estimate of drug-likeness (QED) is 0.688. The van der Waals surface area contributed by atoms with Gasteiger partial charge in [-0.2, -0.15) is 18.2 Å². The van der Waals surface area contributed by atoms with Gasteiger partial charge in [0.05, 0.1) is 11.5 Å². The summed E-state index contributed by atoms with van der Waals surface area (Å²) >= 11 is 0. The van der Waals surface area contributed by atoms with E-state index in [1.165, 1.54) is 12.1 Å². The Balaban J connectivity index is 1.52. The number of anilines is 1. The molecule has 0 radical (unpaired) electrons. The number of para-hydroxylation sites is 1. The lowest BCUT2D eigenvalue weighted by molar-refractivity contribution is -0.137. The molecule has 4 rings (SSSR count). The Bertz CT molecular complexity index is 952. The van der Waals surface area contributed by atoms with E-state index in [2.05, 4.69) is 10.1 Å². The first-order valence-electron chi connectivity index (χ1n) is 8.28. The van der Waals surface area contributed by atoms with E-state index in [4.69, 9.17) is 4.52 Å². The summed E-state index contributed by atoms with van der Waals surface area (Å²) in [6.45, 7) is 0.414. The average Bonchev–Trinajstić information content (AvgIpc) is 3.29. The summed E-state index contributed by atoms with van der Waals surface area (Å²) < 4.78 is 43.2. The fourth-order valence-corrected chi connectivity index (χ4v) is 3.06. The Morgan fingerprint density at radius 1 is 1.04 bits per heavy atom. The zero-order valence-corrected chi connectivity index (χ0v) is 14.0. The van der Waals surface area contributed by atoms with Gasteiger partial charge in [-0.15, -0.1) is 0 Å². The van der Waals surface area contributed by atoms with Crippen molar-refractivity contribution >= 4 is 11.6 Å². The van der Waals surface area contributed by atoms with Gasteiger partial charge in [0.15, 0.2) is 0 Å². The standard InChI is InChI=1S/C19H14F3N3O2/c20-19(21,22)14-8-6-12(7-9-14)17-23-18(27-24-17)13-10-16(26)25(11-13)15-4-2-1-3-5-15/h1-9,13H,10-11H2. The summed E-state index contributed by atoms with van der Waals surface area (Å²) in [6, 6.07) is 13.8. The molecule has 1 aromatic heterocycles. The van der Waals surface area contributed by atoms with Crippen LogP contribution in [-0.4, -0.2) is 22.6 Å². The number of nitrogens with zero attached hydrogens (tertiary/aromatic N) is 3. The van der Waals surface area contributed by atoms with E-state index in [1.54, 1.807) is 4.90 Å². The maximum absolute atomic E-state index is 12.7. The van der Waals surface area contributed by atoms with Crippen molar-refractivity contribution in [1.29, 1.82) is 0 Å². The molecule has 3 aromatic rings. The van der Waals surface area contributed by atoms with E-state index in [-0.39, 0.29) is 24.1 Å². The monoisotopic (exact) mass is 373 g/mol. The molecule has 2 heterocycles. The van der Waals surface area contributed by atoms with Gasteiger partial charge >= 0.3 is 6.18 Å². The van der Waals surface area contributed by atoms with Crippen molar-refractivity contribution < 1.29 is 22.5 Å². The van der Waals surface area contributed by atoms with Gasteiger partial charge in [0, 0.05) is 24.2 Å². The second-order valence-corrected chi connectivity index (χ2v) is 6.27. The van der Waals surface area contributed by atoms with Gasteiger partial charge < -0.3 is 9.42 Å². The first-order chi connectivity index (χ1) is 12.9. The van der Waals surface area contributed by atoms with Crippen molar-refractivity contribution in [3.8, 4) is 11.4 Å². The Hall–Kier alpha value is -3.16. The number of benzene rings is 2. The lowest BCUT2D eigenvalue weighted by atomic mass is 10.1. The van der Waals surface area contributed by atoms with Crippen molar-refractivity contribution in [3.05, 3.63) is 66.1 Å². The fourth-order valence-electron chi connectivity index (χ4n) is 3.06. The molecule has 2 aromatic carbocycles. The Kier molecular flexibility index (Phi) is 4.18. The SMILES string of the molecule is O=C1CC(c2nc(-c3ccc(C(F)(F)F)cc3)no2)CN1c1ccccc1.